The van der Waals surface area contributed by atoms with E-state index in [-0.39, 0.29) is 11.3 Å². The van der Waals surface area contributed by atoms with Gasteiger partial charge in [0.05, 0.1) is 0 Å². The molecule has 19 heavy (non-hydrogen) atoms. The zero-order chi connectivity index (χ0) is 14.1. The van der Waals surface area contributed by atoms with Crippen LogP contribution in [-0.2, 0) is 4.79 Å². The lowest BCUT2D eigenvalue weighted by molar-refractivity contribution is -0.121. The number of amides is 1. The Morgan fingerprint density at radius 2 is 2.16 bits per heavy atom. The van der Waals surface area contributed by atoms with Gasteiger partial charge < -0.3 is 10.6 Å². The van der Waals surface area contributed by atoms with Crippen LogP contribution in [0.2, 0.25) is 0 Å². The smallest absolute Gasteiger partial charge is 0.220 e. The fraction of sp³-hybridized carbons (Fsp3) is 0.938. The Balaban J connectivity index is 2.10. The van der Waals surface area contributed by atoms with Crippen molar-refractivity contribution in [2.24, 2.45) is 11.3 Å². The van der Waals surface area contributed by atoms with Crippen molar-refractivity contribution in [2.75, 3.05) is 19.6 Å². The zero-order valence-electron chi connectivity index (χ0n) is 13.1. The van der Waals surface area contributed by atoms with Crippen molar-refractivity contribution < 1.29 is 4.79 Å². The van der Waals surface area contributed by atoms with Crippen molar-refractivity contribution in [1.82, 2.24) is 10.6 Å². The normalized spacial score (nSPS) is 19.6. The average Bonchev–Trinajstić information content (AvgIpc) is 2.87. The molecule has 1 amide bonds. The zero-order valence-corrected chi connectivity index (χ0v) is 13.1. The molecule has 0 bridgehead atoms. The van der Waals surface area contributed by atoms with E-state index in [4.69, 9.17) is 0 Å². The summed E-state index contributed by atoms with van der Waals surface area (Å²) < 4.78 is 0. The Labute approximate surface area is 118 Å². The van der Waals surface area contributed by atoms with Crippen LogP contribution in [0.25, 0.3) is 0 Å². The summed E-state index contributed by atoms with van der Waals surface area (Å²) in [5, 5.41) is 6.46. The highest BCUT2D eigenvalue weighted by molar-refractivity contribution is 5.75. The van der Waals surface area contributed by atoms with Gasteiger partial charge in [0.25, 0.3) is 0 Å². The third-order valence-electron chi connectivity index (χ3n) is 4.16. The lowest BCUT2D eigenvalue weighted by Gasteiger charge is -2.25. The van der Waals surface area contributed by atoms with Crippen LogP contribution in [0.3, 0.4) is 0 Å². The maximum atomic E-state index is 11.8. The van der Waals surface area contributed by atoms with Crippen molar-refractivity contribution in [3.05, 3.63) is 0 Å². The summed E-state index contributed by atoms with van der Waals surface area (Å²) >= 11 is 0. The summed E-state index contributed by atoms with van der Waals surface area (Å²) in [6.07, 6.45) is 7.99. The van der Waals surface area contributed by atoms with Crippen molar-refractivity contribution in [3.8, 4) is 0 Å². The van der Waals surface area contributed by atoms with Crippen molar-refractivity contribution in [1.29, 1.82) is 0 Å². The average molecular weight is 268 g/mol. The fourth-order valence-corrected chi connectivity index (χ4v) is 2.66. The number of carbonyl (C=O) groups excluding carboxylic acids is 1. The van der Waals surface area contributed by atoms with E-state index in [9.17, 15) is 4.79 Å². The molecule has 0 aromatic carbocycles. The summed E-state index contributed by atoms with van der Waals surface area (Å²) in [4.78, 5) is 11.8. The molecule has 1 unspecified atom stereocenters. The largest absolute Gasteiger partial charge is 0.356 e. The molecule has 0 aromatic heterocycles. The Morgan fingerprint density at radius 3 is 2.79 bits per heavy atom. The molecule has 0 radical (unpaired) electrons. The molecule has 0 aliphatic carbocycles. The predicted octanol–water partition coefficient (Wildman–Crippen LogP) is 3.10. The molecule has 0 aromatic rings. The molecule has 1 aliphatic heterocycles. The van der Waals surface area contributed by atoms with E-state index >= 15 is 0 Å². The minimum atomic E-state index is 0.232. The minimum Gasteiger partial charge on any atom is -0.356 e. The molecular formula is C16H32N2O. The van der Waals surface area contributed by atoms with E-state index in [2.05, 4.69) is 31.4 Å². The third kappa shape index (κ3) is 7.56. The summed E-state index contributed by atoms with van der Waals surface area (Å²) in [6, 6.07) is 0. The van der Waals surface area contributed by atoms with Gasteiger partial charge in [0.2, 0.25) is 5.91 Å². The van der Waals surface area contributed by atoms with Crippen LogP contribution >= 0.6 is 0 Å². The molecular weight excluding hydrogens is 236 g/mol. The van der Waals surface area contributed by atoms with E-state index in [0.717, 1.165) is 26.1 Å². The monoisotopic (exact) mass is 268 g/mol. The Bertz CT molecular complexity index is 257. The van der Waals surface area contributed by atoms with Crippen molar-refractivity contribution in [3.63, 3.8) is 0 Å². The van der Waals surface area contributed by atoms with Gasteiger partial charge in [0, 0.05) is 13.0 Å². The first kappa shape index (κ1) is 16.5. The molecule has 2 N–H and O–H groups in total. The molecule has 3 nitrogen and oxygen atoms in total. The van der Waals surface area contributed by atoms with Gasteiger partial charge >= 0.3 is 0 Å². The quantitative estimate of drug-likeness (QED) is 0.631. The number of rotatable bonds is 9. The molecule has 0 saturated carbocycles. The number of hydrogen-bond donors (Lipinski definition) is 2. The van der Waals surface area contributed by atoms with Crippen LogP contribution in [0.1, 0.15) is 65.7 Å². The second kappa shape index (κ2) is 8.57. The summed E-state index contributed by atoms with van der Waals surface area (Å²) in [7, 11) is 0. The Kier molecular flexibility index (Phi) is 7.44. The van der Waals surface area contributed by atoms with E-state index in [1.807, 2.05) is 0 Å². The topological polar surface area (TPSA) is 41.1 Å². The van der Waals surface area contributed by atoms with Gasteiger partial charge in [-0.2, -0.15) is 0 Å². The van der Waals surface area contributed by atoms with Gasteiger partial charge in [-0.1, -0.05) is 40.0 Å². The second-order valence-electron chi connectivity index (χ2n) is 6.80. The van der Waals surface area contributed by atoms with Gasteiger partial charge in [0.1, 0.15) is 0 Å². The van der Waals surface area contributed by atoms with Gasteiger partial charge in [0.15, 0.2) is 0 Å². The van der Waals surface area contributed by atoms with Crippen LogP contribution in [0.15, 0.2) is 0 Å². The molecule has 112 valence electrons. The van der Waals surface area contributed by atoms with Crippen molar-refractivity contribution >= 4 is 5.91 Å². The number of nitrogens with one attached hydrogen (secondary N) is 2. The molecule has 1 heterocycles. The van der Waals surface area contributed by atoms with Crippen LogP contribution < -0.4 is 10.6 Å². The molecule has 1 atom stereocenters. The second-order valence-corrected chi connectivity index (χ2v) is 6.80. The molecule has 0 spiro atoms. The number of carbonyl (C=O) groups is 1. The maximum absolute atomic E-state index is 11.8. The third-order valence-corrected chi connectivity index (χ3v) is 4.16. The highest BCUT2D eigenvalue weighted by Crippen LogP contribution is 2.22. The standard InChI is InChI=1S/C16H32N2O/c1-4-5-6-10-16(2,3)13-18-15(19)8-7-14-9-11-17-12-14/h14,17H,4-13H2,1-3H3,(H,18,19). The molecule has 1 rings (SSSR count). The van der Waals surface area contributed by atoms with Crippen LogP contribution in [-0.4, -0.2) is 25.5 Å². The Hall–Kier alpha value is -0.570. The SMILES string of the molecule is CCCCCC(C)(C)CNC(=O)CCC1CCNC1. The number of unbranched alkanes of at least 4 members (excludes halogenated alkanes) is 2. The lowest BCUT2D eigenvalue weighted by Crippen LogP contribution is -2.34. The molecule has 1 fully saturated rings. The highest BCUT2D eigenvalue weighted by atomic mass is 16.1. The summed E-state index contributed by atoms with van der Waals surface area (Å²) in [5.74, 6) is 0.943. The highest BCUT2D eigenvalue weighted by Gasteiger charge is 2.19. The first-order valence-electron chi connectivity index (χ1n) is 8.01. The maximum Gasteiger partial charge on any atom is 0.220 e. The summed E-state index contributed by atoms with van der Waals surface area (Å²) in [6.45, 7) is 9.77. The summed E-state index contributed by atoms with van der Waals surface area (Å²) in [5.41, 5.74) is 0.236. The van der Waals surface area contributed by atoms with Crippen LogP contribution in [0, 0.1) is 11.3 Å². The minimum absolute atomic E-state index is 0.232. The van der Waals surface area contributed by atoms with Crippen molar-refractivity contribution in [2.45, 2.75) is 65.7 Å². The predicted molar refractivity (Wildman–Crippen MR) is 81.1 cm³/mol. The lowest BCUT2D eigenvalue weighted by atomic mass is 9.87. The van der Waals surface area contributed by atoms with Gasteiger partial charge in [-0.05, 0) is 43.7 Å². The van der Waals surface area contributed by atoms with Gasteiger partial charge in [-0.15, -0.1) is 0 Å². The Morgan fingerprint density at radius 1 is 1.37 bits per heavy atom. The van der Waals surface area contributed by atoms with Gasteiger partial charge in [-0.25, -0.2) is 0 Å². The fourth-order valence-electron chi connectivity index (χ4n) is 2.66. The van der Waals surface area contributed by atoms with E-state index in [1.165, 1.54) is 32.1 Å². The first-order valence-corrected chi connectivity index (χ1v) is 8.01. The molecule has 1 saturated heterocycles. The van der Waals surface area contributed by atoms with Gasteiger partial charge in [-0.3, -0.25) is 4.79 Å². The molecule has 3 heteroatoms. The van der Waals surface area contributed by atoms with E-state index in [0.29, 0.717) is 12.3 Å². The molecule has 1 aliphatic rings. The van der Waals surface area contributed by atoms with E-state index in [1.54, 1.807) is 0 Å². The van der Waals surface area contributed by atoms with Crippen LogP contribution in [0.5, 0.6) is 0 Å². The number of hydrogen-bond acceptors (Lipinski definition) is 2. The van der Waals surface area contributed by atoms with E-state index < -0.39 is 0 Å². The van der Waals surface area contributed by atoms with Crippen LogP contribution in [0.4, 0.5) is 0 Å². The first-order chi connectivity index (χ1) is 9.03.